The highest BCUT2D eigenvalue weighted by Crippen LogP contribution is 2.31. The molecule has 0 amide bonds. The molecule has 3 rings (SSSR count). The van der Waals surface area contributed by atoms with Crippen LogP contribution in [0.5, 0.6) is 11.5 Å². The number of hydrogen-bond acceptors (Lipinski definition) is 7. The van der Waals surface area contributed by atoms with Gasteiger partial charge in [0.05, 0.1) is 29.4 Å². The van der Waals surface area contributed by atoms with Crippen molar-refractivity contribution in [3.63, 3.8) is 0 Å². The molecule has 0 heterocycles. The summed E-state index contributed by atoms with van der Waals surface area (Å²) in [6.45, 7) is 6.85. The summed E-state index contributed by atoms with van der Waals surface area (Å²) in [6, 6.07) is 18.7. The third kappa shape index (κ3) is 13.7. The molecule has 3 aromatic carbocycles. The van der Waals surface area contributed by atoms with Crippen LogP contribution in [0.1, 0.15) is 125 Å². The van der Waals surface area contributed by atoms with E-state index in [0.717, 1.165) is 43.2 Å². The molecule has 7 nitrogen and oxygen atoms in total. The SMILES string of the molecule is CCCCCCCCCOC(=O)[C@H](C)OC(=O)c1ccc(OC(=O)c2ccc(-c3ccc(OCCCCCCCC)c(Cl)c3)cc2)cc1. The predicted octanol–water partition coefficient (Wildman–Crippen LogP) is 10.8. The van der Waals surface area contributed by atoms with Crippen molar-refractivity contribution in [2.75, 3.05) is 13.2 Å². The van der Waals surface area contributed by atoms with E-state index in [9.17, 15) is 14.4 Å². The molecular formula is C40H51ClO7. The number of hydrogen-bond donors (Lipinski definition) is 0. The molecule has 0 bridgehead atoms. The highest BCUT2D eigenvalue weighted by Gasteiger charge is 2.20. The molecule has 0 saturated carbocycles. The molecular weight excluding hydrogens is 628 g/mol. The van der Waals surface area contributed by atoms with Gasteiger partial charge in [0, 0.05) is 0 Å². The summed E-state index contributed by atoms with van der Waals surface area (Å²) >= 11 is 6.50. The van der Waals surface area contributed by atoms with Crippen molar-refractivity contribution in [3.8, 4) is 22.6 Å². The van der Waals surface area contributed by atoms with Crippen LogP contribution >= 0.6 is 11.6 Å². The molecule has 48 heavy (non-hydrogen) atoms. The number of unbranched alkanes of at least 4 members (excludes halogenated alkanes) is 11. The van der Waals surface area contributed by atoms with Gasteiger partial charge in [0.1, 0.15) is 11.5 Å². The smallest absolute Gasteiger partial charge is 0.347 e. The van der Waals surface area contributed by atoms with Crippen molar-refractivity contribution in [2.45, 2.75) is 110 Å². The summed E-state index contributed by atoms with van der Waals surface area (Å²) in [5.41, 5.74) is 2.40. The standard InChI is InChI=1S/C40H51ClO7/c1-4-6-8-10-12-14-16-28-46-38(42)30(3)47-39(43)33-21-24-35(25-22-33)48-40(44)32-19-17-31(18-20-32)34-23-26-37(36(41)29-34)45-27-15-13-11-9-7-5-2/h17-26,29-30H,4-16,27-28H2,1-3H3/t30-/m0/s1. The van der Waals surface area contributed by atoms with Crippen molar-refractivity contribution < 1.29 is 33.3 Å². The van der Waals surface area contributed by atoms with Crippen LogP contribution in [0.15, 0.2) is 66.7 Å². The Bertz CT molecular complexity index is 1400. The van der Waals surface area contributed by atoms with Gasteiger partial charge >= 0.3 is 17.9 Å². The van der Waals surface area contributed by atoms with Gasteiger partial charge in [-0.1, -0.05) is 114 Å². The summed E-state index contributed by atoms with van der Waals surface area (Å²) in [5, 5.41) is 0.544. The van der Waals surface area contributed by atoms with E-state index in [1.54, 1.807) is 12.1 Å². The van der Waals surface area contributed by atoms with E-state index < -0.39 is 24.0 Å². The third-order valence-electron chi connectivity index (χ3n) is 8.05. The Hall–Kier alpha value is -3.84. The maximum Gasteiger partial charge on any atom is 0.347 e. The normalized spacial score (nSPS) is 11.5. The van der Waals surface area contributed by atoms with Crippen LogP contribution in [0, 0.1) is 0 Å². The van der Waals surface area contributed by atoms with Crippen LogP contribution < -0.4 is 9.47 Å². The molecule has 0 saturated heterocycles. The van der Waals surface area contributed by atoms with Crippen molar-refractivity contribution in [2.24, 2.45) is 0 Å². The summed E-state index contributed by atoms with van der Waals surface area (Å²) in [6.07, 6.45) is 14.0. The highest BCUT2D eigenvalue weighted by atomic mass is 35.5. The molecule has 0 spiro atoms. The van der Waals surface area contributed by atoms with E-state index in [-0.39, 0.29) is 11.3 Å². The number of esters is 3. The number of benzene rings is 3. The maximum absolute atomic E-state index is 12.8. The van der Waals surface area contributed by atoms with Crippen molar-refractivity contribution in [1.82, 2.24) is 0 Å². The minimum absolute atomic E-state index is 0.225. The lowest BCUT2D eigenvalue weighted by atomic mass is 10.0. The Balaban J connectivity index is 1.42. The van der Waals surface area contributed by atoms with E-state index in [4.69, 9.17) is 30.5 Å². The fraction of sp³-hybridized carbons (Fsp3) is 0.475. The van der Waals surface area contributed by atoms with Crippen molar-refractivity contribution >= 4 is 29.5 Å². The molecule has 0 aliphatic rings. The number of halogens is 1. The van der Waals surface area contributed by atoms with Crippen LogP contribution in [-0.2, 0) is 14.3 Å². The van der Waals surface area contributed by atoms with Gasteiger partial charge in [-0.05, 0) is 79.4 Å². The zero-order chi connectivity index (χ0) is 34.6. The summed E-state index contributed by atoms with van der Waals surface area (Å²) in [4.78, 5) is 37.6. The third-order valence-corrected chi connectivity index (χ3v) is 8.35. The van der Waals surface area contributed by atoms with Gasteiger partial charge < -0.3 is 18.9 Å². The van der Waals surface area contributed by atoms with Crippen LogP contribution in [0.25, 0.3) is 11.1 Å². The van der Waals surface area contributed by atoms with Crippen LogP contribution in [0.4, 0.5) is 0 Å². The van der Waals surface area contributed by atoms with E-state index in [1.165, 1.54) is 82.6 Å². The molecule has 8 heteroatoms. The van der Waals surface area contributed by atoms with E-state index in [2.05, 4.69) is 13.8 Å². The second-order valence-electron chi connectivity index (χ2n) is 12.1. The quantitative estimate of drug-likeness (QED) is 0.0593. The summed E-state index contributed by atoms with van der Waals surface area (Å²) < 4.78 is 21.9. The van der Waals surface area contributed by atoms with Gasteiger partial charge in [0.25, 0.3) is 0 Å². The molecule has 1 atom stereocenters. The van der Waals surface area contributed by atoms with Crippen LogP contribution in [-0.4, -0.2) is 37.2 Å². The molecule has 260 valence electrons. The van der Waals surface area contributed by atoms with Gasteiger partial charge in [0.2, 0.25) is 0 Å². The number of rotatable bonds is 22. The molecule has 0 aromatic heterocycles. The Morgan fingerprint density at radius 1 is 0.625 bits per heavy atom. The molecule has 0 radical (unpaired) electrons. The fourth-order valence-corrected chi connectivity index (χ4v) is 5.35. The Kier molecular flexibility index (Phi) is 17.6. The number of carbonyl (C=O) groups is 3. The molecule has 0 N–H and O–H groups in total. The average Bonchev–Trinajstić information content (AvgIpc) is 3.09. The lowest BCUT2D eigenvalue weighted by Gasteiger charge is -2.13. The Labute approximate surface area is 291 Å². The molecule has 0 aliphatic carbocycles. The molecule has 0 unspecified atom stereocenters. The van der Waals surface area contributed by atoms with Crippen LogP contribution in [0.3, 0.4) is 0 Å². The summed E-state index contributed by atoms with van der Waals surface area (Å²) in [7, 11) is 0. The van der Waals surface area contributed by atoms with E-state index >= 15 is 0 Å². The number of carbonyl (C=O) groups excluding carboxylic acids is 3. The largest absolute Gasteiger partial charge is 0.492 e. The zero-order valence-corrected chi connectivity index (χ0v) is 29.5. The van der Waals surface area contributed by atoms with Gasteiger partial charge in [0.15, 0.2) is 6.10 Å². The average molecular weight is 679 g/mol. The van der Waals surface area contributed by atoms with Gasteiger partial charge in [-0.25, -0.2) is 14.4 Å². The monoisotopic (exact) mass is 678 g/mol. The lowest BCUT2D eigenvalue weighted by molar-refractivity contribution is -0.153. The Morgan fingerprint density at radius 2 is 1.15 bits per heavy atom. The van der Waals surface area contributed by atoms with Crippen LogP contribution in [0.2, 0.25) is 5.02 Å². The number of ether oxygens (including phenoxy) is 4. The van der Waals surface area contributed by atoms with E-state index in [0.29, 0.717) is 29.5 Å². The minimum Gasteiger partial charge on any atom is -0.492 e. The first-order chi connectivity index (χ1) is 23.3. The molecule has 0 aliphatic heterocycles. The second-order valence-corrected chi connectivity index (χ2v) is 12.5. The zero-order valence-electron chi connectivity index (χ0n) is 28.8. The summed E-state index contributed by atoms with van der Waals surface area (Å²) in [5.74, 6) is -0.837. The van der Waals surface area contributed by atoms with Gasteiger partial charge in [-0.15, -0.1) is 0 Å². The topological polar surface area (TPSA) is 88.1 Å². The highest BCUT2D eigenvalue weighted by molar-refractivity contribution is 6.32. The first-order valence-electron chi connectivity index (χ1n) is 17.5. The first kappa shape index (κ1) is 38.6. The maximum atomic E-state index is 12.8. The van der Waals surface area contributed by atoms with E-state index in [1.807, 2.05) is 30.3 Å². The second kappa shape index (κ2) is 21.9. The van der Waals surface area contributed by atoms with Gasteiger partial charge in [-0.3, -0.25) is 0 Å². The Morgan fingerprint density at radius 3 is 1.75 bits per heavy atom. The molecule has 0 fully saturated rings. The predicted molar refractivity (Wildman–Crippen MR) is 191 cm³/mol. The molecule has 3 aromatic rings. The fourth-order valence-electron chi connectivity index (χ4n) is 5.11. The minimum atomic E-state index is -1.03. The van der Waals surface area contributed by atoms with Gasteiger partial charge in [-0.2, -0.15) is 0 Å². The van der Waals surface area contributed by atoms with Crippen molar-refractivity contribution in [1.29, 1.82) is 0 Å². The van der Waals surface area contributed by atoms with Crippen molar-refractivity contribution in [3.05, 3.63) is 82.9 Å². The lowest BCUT2D eigenvalue weighted by Crippen LogP contribution is -2.26. The first-order valence-corrected chi connectivity index (χ1v) is 17.9.